The molecule has 0 saturated heterocycles. The van der Waals surface area contributed by atoms with Crippen LogP contribution in [0.25, 0.3) is 0 Å². The van der Waals surface area contributed by atoms with Crippen LogP contribution in [0.15, 0.2) is 0 Å². The predicted octanol–water partition coefficient (Wildman–Crippen LogP) is 0.180. The molecule has 0 heterocycles. The molecule has 0 amide bonds. The zero-order chi connectivity index (χ0) is 9.61. The second-order valence-corrected chi connectivity index (χ2v) is 2.81. The Bertz CT molecular complexity index is 143. The Morgan fingerprint density at radius 1 is 1.58 bits per heavy atom. The third-order valence-electron chi connectivity index (χ3n) is 1.37. The fourth-order valence-corrected chi connectivity index (χ4v) is 0.759. The molecule has 5 heteroatoms. The van der Waals surface area contributed by atoms with E-state index in [-0.39, 0.29) is 19.4 Å². The third-order valence-corrected chi connectivity index (χ3v) is 1.37. The summed E-state index contributed by atoms with van der Waals surface area (Å²) in [6, 6.07) is 0. The van der Waals surface area contributed by atoms with E-state index in [1.807, 2.05) is 0 Å². The monoisotopic (exact) mass is 178 g/mol. The predicted molar refractivity (Wildman–Crippen MR) is 40.5 cm³/mol. The summed E-state index contributed by atoms with van der Waals surface area (Å²) in [6.07, 6.45) is -0.0623. The van der Waals surface area contributed by atoms with Crippen LogP contribution in [-0.4, -0.2) is 35.5 Å². The van der Waals surface area contributed by atoms with E-state index in [0.29, 0.717) is 0 Å². The molecule has 0 saturated carbocycles. The first-order chi connectivity index (χ1) is 5.48. The second kappa shape index (κ2) is 5.08. The average Bonchev–Trinajstić information content (AvgIpc) is 1.84. The third kappa shape index (κ3) is 6.09. The van der Waals surface area contributed by atoms with E-state index in [1.54, 1.807) is 0 Å². The summed E-state index contributed by atoms with van der Waals surface area (Å²) >= 11 is 0. The van der Waals surface area contributed by atoms with Gasteiger partial charge in [0.25, 0.3) is 0 Å². The fourth-order valence-electron chi connectivity index (χ4n) is 0.759. The Balaban J connectivity index is 3.63. The molecule has 2 N–H and O–H groups in total. The van der Waals surface area contributed by atoms with Gasteiger partial charge in [-0.25, -0.2) is 9.78 Å². The van der Waals surface area contributed by atoms with Crippen molar-refractivity contribution in [2.45, 2.75) is 25.4 Å². The van der Waals surface area contributed by atoms with E-state index in [1.165, 1.54) is 14.0 Å². The van der Waals surface area contributed by atoms with E-state index in [9.17, 15) is 9.90 Å². The van der Waals surface area contributed by atoms with Crippen LogP contribution in [0.1, 0.15) is 19.8 Å². The van der Waals surface area contributed by atoms with Crippen molar-refractivity contribution >= 4 is 5.97 Å². The van der Waals surface area contributed by atoms with E-state index in [2.05, 4.69) is 9.78 Å². The van der Waals surface area contributed by atoms with Crippen molar-refractivity contribution in [3.05, 3.63) is 0 Å². The normalized spacial score (nSPS) is 15.6. The van der Waals surface area contributed by atoms with Crippen LogP contribution < -0.4 is 0 Å². The SMILES string of the molecule is COOCC[C@@](C)(O)CC(=O)O. The molecule has 0 bridgehead atoms. The van der Waals surface area contributed by atoms with Crippen LogP contribution in [0.2, 0.25) is 0 Å². The molecule has 0 aliphatic carbocycles. The highest BCUT2D eigenvalue weighted by Gasteiger charge is 2.23. The Morgan fingerprint density at radius 2 is 2.17 bits per heavy atom. The molecular weight excluding hydrogens is 164 g/mol. The minimum Gasteiger partial charge on any atom is -0.481 e. The van der Waals surface area contributed by atoms with Crippen molar-refractivity contribution in [3.63, 3.8) is 0 Å². The standard InChI is InChI=1S/C7H14O5/c1-7(10,5-6(8)9)3-4-12-11-2/h10H,3-5H2,1-2H3,(H,8,9)/t7-/m1/s1. The first-order valence-corrected chi connectivity index (χ1v) is 3.58. The zero-order valence-electron chi connectivity index (χ0n) is 7.24. The van der Waals surface area contributed by atoms with Crippen LogP contribution in [0.4, 0.5) is 0 Å². The van der Waals surface area contributed by atoms with Gasteiger partial charge >= 0.3 is 5.97 Å². The maximum absolute atomic E-state index is 10.2. The number of hydrogen-bond acceptors (Lipinski definition) is 4. The van der Waals surface area contributed by atoms with Crippen LogP contribution in [0, 0.1) is 0 Å². The minimum absolute atomic E-state index is 0.177. The topological polar surface area (TPSA) is 76.0 Å². The summed E-state index contributed by atoms with van der Waals surface area (Å²) < 4.78 is 0. The number of aliphatic hydroxyl groups is 1. The fraction of sp³-hybridized carbons (Fsp3) is 0.857. The highest BCUT2D eigenvalue weighted by atomic mass is 17.2. The molecule has 0 aromatic heterocycles. The quantitative estimate of drug-likeness (QED) is 0.344. The highest BCUT2D eigenvalue weighted by Crippen LogP contribution is 2.13. The molecule has 0 fully saturated rings. The number of hydrogen-bond donors (Lipinski definition) is 2. The summed E-state index contributed by atoms with van der Waals surface area (Å²) in [5.41, 5.74) is -1.23. The summed E-state index contributed by atoms with van der Waals surface area (Å²) in [6.45, 7) is 1.62. The average molecular weight is 178 g/mol. The van der Waals surface area contributed by atoms with Gasteiger partial charge in [-0.05, 0) is 6.92 Å². The number of aliphatic carboxylic acids is 1. The Morgan fingerprint density at radius 3 is 2.58 bits per heavy atom. The Hall–Kier alpha value is -0.650. The van der Waals surface area contributed by atoms with Gasteiger partial charge < -0.3 is 10.2 Å². The summed E-state index contributed by atoms with van der Waals surface area (Å²) in [5.74, 6) is -1.03. The number of carboxylic acids is 1. The van der Waals surface area contributed by atoms with Crippen LogP contribution >= 0.6 is 0 Å². The van der Waals surface area contributed by atoms with Crippen molar-refractivity contribution in [1.82, 2.24) is 0 Å². The van der Waals surface area contributed by atoms with Gasteiger partial charge in [0.2, 0.25) is 0 Å². The lowest BCUT2D eigenvalue weighted by molar-refractivity contribution is -0.277. The molecule has 0 spiro atoms. The largest absolute Gasteiger partial charge is 0.481 e. The first-order valence-electron chi connectivity index (χ1n) is 3.58. The first kappa shape index (κ1) is 11.4. The van der Waals surface area contributed by atoms with Crippen molar-refractivity contribution in [2.75, 3.05) is 13.7 Å². The molecule has 5 nitrogen and oxygen atoms in total. The zero-order valence-corrected chi connectivity index (χ0v) is 7.24. The van der Waals surface area contributed by atoms with Gasteiger partial charge in [-0.15, -0.1) is 0 Å². The lowest BCUT2D eigenvalue weighted by atomic mass is 9.99. The summed E-state index contributed by atoms with van der Waals surface area (Å²) in [5, 5.41) is 17.8. The van der Waals surface area contributed by atoms with Crippen molar-refractivity contribution in [2.24, 2.45) is 0 Å². The van der Waals surface area contributed by atoms with Crippen molar-refractivity contribution in [3.8, 4) is 0 Å². The Kier molecular flexibility index (Phi) is 4.80. The van der Waals surface area contributed by atoms with Gasteiger partial charge in [0.1, 0.15) is 0 Å². The van der Waals surface area contributed by atoms with Gasteiger partial charge in [-0.1, -0.05) is 0 Å². The number of carboxylic acid groups (broad SMARTS) is 1. The molecule has 12 heavy (non-hydrogen) atoms. The molecule has 72 valence electrons. The van der Waals surface area contributed by atoms with E-state index in [4.69, 9.17) is 5.11 Å². The number of rotatable bonds is 6. The summed E-state index contributed by atoms with van der Waals surface area (Å²) in [4.78, 5) is 19.0. The van der Waals surface area contributed by atoms with E-state index < -0.39 is 11.6 Å². The molecule has 0 unspecified atom stereocenters. The molecule has 0 rings (SSSR count). The van der Waals surface area contributed by atoms with E-state index >= 15 is 0 Å². The maximum atomic E-state index is 10.2. The molecule has 1 atom stereocenters. The van der Waals surface area contributed by atoms with Crippen LogP contribution in [0.3, 0.4) is 0 Å². The molecule has 0 aliphatic heterocycles. The molecule has 0 aromatic rings. The van der Waals surface area contributed by atoms with Gasteiger partial charge in [-0.2, -0.15) is 0 Å². The summed E-state index contributed by atoms with van der Waals surface area (Å²) in [7, 11) is 1.35. The smallest absolute Gasteiger partial charge is 0.306 e. The number of carbonyl (C=O) groups is 1. The minimum atomic E-state index is -1.23. The van der Waals surface area contributed by atoms with Gasteiger partial charge in [0.15, 0.2) is 0 Å². The molecule has 0 aromatic carbocycles. The van der Waals surface area contributed by atoms with Gasteiger partial charge in [0, 0.05) is 6.42 Å². The molecule has 0 radical (unpaired) electrons. The van der Waals surface area contributed by atoms with Gasteiger partial charge in [0.05, 0.1) is 25.7 Å². The van der Waals surface area contributed by atoms with Crippen molar-refractivity contribution < 1.29 is 24.8 Å². The maximum Gasteiger partial charge on any atom is 0.306 e. The van der Waals surface area contributed by atoms with Crippen LogP contribution in [0.5, 0.6) is 0 Å². The van der Waals surface area contributed by atoms with Gasteiger partial charge in [-0.3, -0.25) is 4.79 Å². The van der Waals surface area contributed by atoms with Crippen molar-refractivity contribution in [1.29, 1.82) is 0 Å². The lowest BCUT2D eigenvalue weighted by Gasteiger charge is -2.19. The molecule has 0 aliphatic rings. The van der Waals surface area contributed by atoms with Crippen LogP contribution in [-0.2, 0) is 14.6 Å². The van der Waals surface area contributed by atoms with E-state index in [0.717, 1.165) is 0 Å². The second-order valence-electron chi connectivity index (χ2n) is 2.81. The Labute approximate surface area is 70.8 Å². The molecular formula is C7H14O5. The lowest BCUT2D eigenvalue weighted by Crippen LogP contribution is -2.29. The highest BCUT2D eigenvalue weighted by molar-refractivity contribution is 5.67.